The second-order valence-electron chi connectivity index (χ2n) is 10.3. The molecule has 214 valence electrons. The number of nitrogens with zero attached hydrogens (tertiary/aromatic N) is 4. The summed E-state index contributed by atoms with van der Waals surface area (Å²) in [4.78, 5) is 35.3. The van der Waals surface area contributed by atoms with Crippen LogP contribution < -0.4 is 10.3 Å². The zero-order valence-electron chi connectivity index (χ0n) is 23.8. The molecule has 1 saturated heterocycles. The Morgan fingerprint density at radius 1 is 1.12 bits per heavy atom. The van der Waals surface area contributed by atoms with Crippen LogP contribution in [-0.2, 0) is 0 Å². The van der Waals surface area contributed by atoms with Gasteiger partial charge in [0.05, 0.1) is 46.4 Å². The van der Waals surface area contributed by atoms with Crippen LogP contribution in [0.5, 0.6) is 5.75 Å². The first-order valence-electron chi connectivity index (χ1n) is 13.9. The summed E-state index contributed by atoms with van der Waals surface area (Å²) in [5.74, 6) is 0.361. The Bertz CT molecular complexity index is 1760. The number of ether oxygens (including phenoxy) is 1. The first-order chi connectivity index (χ1) is 20.3. The van der Waals surface area contributed by atoms with Gasteiger partial charge in [-0.1, -0.05) is 29.3 Å². The van der Waals surface area contributed by atoms with E-state index in [9.17, 15) is 9.59 Å². The van der Waals surface area contributed by atoms with E-state index in [-0.39, 0.29) is 11.5 Å². The van der Waals surface area contributed by atoms with Gasteiger partial charge >= 0.3 is 0 Å². The minimum atomic E-state index is -0.332. The van der Waals surface area contributed by atoms with Crippen LogP contribution in [0, 0.1) is 11.3 Å². The number of pyridine rings is 1. The lowest BCUT2D eigenvalue weighted by molar-refractivity contribution is 0.0723. The maximum absolute atomic E-state index is 14.5. The number of amides is 1. The summed E-state index contributed by atoms with van der Waals surface area (Å²) in [5, 5.41) is 12.0. The summed E-state index contributed by atoms with van der Waals surface area (Å²) < 4.78 is 7.47. The largest absolute Gasteiger partial charge is 0.492 e. The lowest BCUT2D eigenvalue weighted by atomic mass is 10.0. The molecule has 1 fully saturated rings. The smallest absolute Gasteiger partial charge is 0.266 e. The van der Waals surface area contributed by atoms with Gasteiger partial charge in [-0.15, -0.1) is 11.3 Å². The van der Waals surface area contributed by atoms with Crippen LogP contribution in [-0.4, -0.2) is 40.1 Å². The lowest BCUT2D eigenvalue weighted by Gasteiger charge is -2.28. The van der Waals surface area contributed by atoms with E-state index in [4.69, 9.17) is 26.6 Å². The average Bonchev–Trinajstić information content (AvgIpc) is 3.48. The van der Waals surface area contributed by atoms with Crippen molar-refractivity contribution in [1.82, 2.24) is 14.5 Å². The number of nitriles is 1. The van der Waals surface area contributed by atoms with Crippen molar-refractivity contribution in [2.24, 2.45) is 0 Å². The van der Waals surface area contributed by atoms with E-state index < -0.39 is 0 Å². The number of carbonyl (C=O) groups excluding carboxylic acids is 1. The number of carbonyl (C=O) groups is 1. The highest BCUT2D eigenvalue weighted by molar-refractivity contribution is 7.13. The third-order valence-corrected chi connectivity index (χ3v) is 8.15. The summed E-state index contributed by atoms with van der Waals surface area (Å²) in [7, 11) is 0. The molecule has 9 heteroatoms. The Labute approximate surface area is 254 Å². The van der Waals surface area contributed by atoms with Gasteiger partial charge in [0.15, 0.2) is 0 Å². The normalized spacial score (nSPS) is 13.0. The van der Waals surface area contributed by atoms with Crippen molar-refractivity contribution < 1.29 is 9.53 Å². The first kappa shape index (κ1) is 29.3. The van der Waals surface area contributed by atoms with Crippen LogP contribution in [0.15, 0.2) is 64.3 Å². The Hall–Kier alpha value is -4.19. The molecule has 0 saturated carbocycles. The molecule has 1 aliphatic heterocycles. The standard InChI is InChI=1S/C33H31ClN4O3S/c1-4-41-30-13-12-24(34)17-29(30)38-28(16-21(2)3)25(32(39)37-14-6-5-7-15-37)18-26(33(38)40)31-36-27(20-42-31)23-10-8-22(19-35)9-11-23/h8-13,16-18,20H,4-7,14-15H2,1-3H3. The average molecular weight is 599 g/mol. The number of benzene rings is 2. The van der Waals surface area contributed by atoms with Crippen molar-refractivity contribution in [1.29, 1.82) is 5.26 Å². The molecule has 0 spiro atoms. The van der Waals surface area contributed by atoms with Gasteiger partial charge < -0.3 is 9.64 Å². The zero-order valence-corrected chi connectivity index (χ0v) is 25.4. The second-order valence-corrected chi connectivity index (χ2v) is 11.6. The van der Waals surface area contributed by atoms with Crippen molar-refractivity contribution in [3.8, 4) is 39.3 Å². The molecule has 1 amide bonds. The third kappa shape index (κ3) is 6.03. The van der Waals surface area contributed by atoms with Crippen LogP contribution in [0.3, 0.4) is 0 Å². The molecule has 2 aromatic heterocycles. The number of aromatic nitrogens is 2. The van der Waals surface area contributed by atoms with Crippen molar-refractivity contribution in [3.63, 3.8) is 0 Å². The number of allylic oxidation sites excluding steroid dienone is 1. The molecule has 1 aliphatic rings. The Morgan fingerprint density at radius 2 is 1.86 bits per heavy atom. The highest BCUT2D eigenvalue weighted by Crippen LogP contribution is 2.33. The molecule has 4 aromatic rings. The molecule has 42 heavy (non-hydrogen) atoms. The molecule has 0 N–H and O–H groups in total. The molecule has 2 aromatic carbocycles. The van der Waals surface area contributed by atoms with Crippen LogP contribution in [0.25, 0.3) is 33.6 Å². The summed E-state index contributed by atoms with van der Waals surface area (Å²) in [5.41, 5.74) is 4.34. The number of hydrogen-bond acceptors (Lipinski definition) is 6. The van der Waals surface area contributed by atoms with E-state index in [2.05, 4.69) is 6.07 Å². The molecular formula is C33H31ClN4O3S. The number of hydrogen-bond donors (Lipinski definition) is 0. The lowest BCUT2D eigenvalue weighted by Crippen LogP contribution is -2.37. The van der Waals surface area contributed by atoms with Crippen LogP contribution in [0.2, 0.25) is 5.02 Å². The van der Waals surface area contributed by atoms with Gasteiger partial charge in [-0.25, -0.2) is 4.98 Å². The molecular weight excluding hydrogens is 568 g/mol. The van der Waals surface area contributed by atoms with Crippen LogP contribution in [0.4, 0.5) is 0 Å². The molecule has 0 bridgehead atoms. The predicted molar refractivity (Wildman–Crippen MR) is 169 cm³/mol. The van der Waals surface area contributed by atoms with Gasteiger partial charge in [0.25, 0.3) is 11.5 Å². The number of likely N-dealkylation sites (tertiary alicyclic amines) is 1. The molecule has 7 nitrogen and oxygen atoms in total. The van der Waals surface area contributed by atoms with Gasteiger partial charge in [0, 0.05) is 29.1 Å². The molecule has 5 rings (SSSR count). The predicted octanol–water partition coefficient (Wildman–Crippen LogP) is 7.60. The Balaban J connectivity index is 1.78. The minimum Gasteiger partial charge on any atom is -0.492 e. The van der Waals surface area contributed by atoms with E-state index in [0.29, 0.717) is 69.2 Å². The number of rotatable bonds is 7. The monoisotopic (exact) mass is 598 g/mol. The van der Waals surface area contributed by atoms with Crippen LogP contribution >= 0.6 is 22.9 Å². The van der Waals surface area contributed by atoms with Crippen LogP contribution in [0.1, 0.15) is 61.6 Å². The van der Waals surface area contributed by atoms with Gasteiger partial charge in [0.1, 0.15) is 10.8 Å². The fourth-order valence-corrected chi connectivity index (χ4v) is 6.07. The quantitative estimate of drug-likeness (QED) is 0.218. The Kier molecular flexibility index (Phi) is 8.91. The number of piperidine rings is 1. The highest BCUT2D eigenvalue weighted by Gasteiger charge is 2.27. The van der Waals surface area contributed by atoms with Crippen molar-refractivity contribution in [2.75, 3.05) is 19.7 Å². The zero-order chi connectivity index (χ0) is 29.8. The van der Waals surface area contributed by atoms with Crippen molar-refractivity contribution in [3.05, 3.63) is 91.7 Å². The number of thiazole rings is 1. The van der Waals surface area contributed by atoms with Gasteiger partial charge in [0.2, 0.25) is 0 Å². The molecule has 0 aliphatic carbocycles. The SMILES string of the molecule is CCOc1ccc(Cl)cc1-n1c(C=C(C)C)c(C(=O)N2CCCCC2)cc(-c2nc(-c3ccc(C#N)cc3)cs2)c1=O. The topological polar surface area (TPSA) is 88.2 Å². The second kappa shape index (κ2) is 12.8. The third-order valence-electron chi connectivity index (χ3n) is 7.04. The van der Waals surface area contributed by atoms with Gasteiger partial charge in [-0.05, 0) is 82.5 Å². The van der Waals surface area contributed by atoms with Gasteiger partial charge in [-0.2, -0.15) is 5.26 Å². The van der Waals surface area contributed by atoms with Crippen molar-refractivity contribution in [2.45, 2.75) is 40.0 Å². The minimum absolute atomic E-state index is 0.124. The van der Waals surface area contributed by atoms with Gasteiger partial charge in [-0.3, -0.25) is 14.2 Å². The van der Waals surface area contributed by atoms with E-state index in [1.807, 2.05) is 49.3 Å². The number of halogens is 1. The summed E-state index contributed by atoms with van der Waals surface area (Å²) in [6, 6.07) is 16.1. The summed E-state index contributed by atoms with van der Waals surface area (Å²) in [6.07, 6.45) is 4.84. The van der Waals surface area contributed by atoms with Crippen molar-refractivity contribution >= 4 is 34.9 Å². The fourth-order valence-electron chi connectivity index (χ4n) is 5.07. The molecule has 0 unspecified atom stereocenters. The van der Waals surface area contributed by atoms with E-state index in [0.717, 1.165) is 30.4 Å². The molecule has 0 radical (unpaired) electrons. The highest BCUT2D eigenvalue weighted by atomic mass is 35.5. The Morgan fingerprint density at radius 3 is 2.52 bits per heavy atom. The fraction of sp³-hybridized carbons (Fsp3) is 0.273. The summed E-state index contributed by atoms with van der Waals surface area (Å²) >= 11 is 7.79. The first-order valence-corrected chi connectivity index (χ1v) is 15.2. The molecule has 3 heterocycles. The molecule has 0 atom stereocenters. The maximum Gasteiger partial charge on any atom is 0.266 e. The van der Waals surface area contributed by atoms with E-state index >= 15 is 0 Å². The maximum atomic E-state index is 14.5. The van der Waals surface area contributed by atoms with E-state index in [1.54, 1.807) is 41.0 Å². The summed E-state index contributed by atoms with van der Waals surface area (Å²) in [6.45, 7) is 7.47. The van der Waals surface area contributed by atoms with E-state index in [1.165, 1.54) is 11.3 Å².